The SMILES string of the molecule is C=CC(=O)N1C2CNCC1CC(=O)C2. The zero-order valence-corrected chi connectivity index (χ0v) is 8.03. The van der Waals surface area contributed by atoms with E-state index in [0.29, 0.717) is 12.8 Å². The zero-order valence-electron chi connectivity index (χ0n) is 8.03. The molecule has 14 heavy (non-hydrogen) atoms. The van der Waals surface area contributed by atoms with Crippen molar-refractivity contribution in [2.45, 2.75) is 24.9 Å². The third-order valence-electron chi connectivity index (χ3n) is 2.90. The first-order valence-electron chi connectivity index (χ1n) is 4.89. The topological polar surface area (TPSA) is 49.4 Å². The molecule has 0 aliphatic carbocycles. The van der Waals surface area contributed by atoms with Crippen molar-refractivity contribution in [3.8, 4) is 0 Å². The lowest BCUT2D eigenvalue weighted by Gasteiger charge is -2.45. The second kappa shape index (κ2) is 3.53. The Morgan fingerprint density at radius 2 is 2.00 bits per heavy atom. The van der Waals surface area contributed by atoms with E-state index >= 15 is 0 Å². The van der Waals surface area contributed by atoms with Gasteiger partial charge in [0.25, 0.3) is 0 Å². The lowest BCUT2D eigenvalue weighted by atomic mass is 9.91. The van der Waals surface area contributed by atoms with Crippen LogP contribution in [0.1, 0.15) is 12.8 Å². The summed E-state index contributed by atoms with van der Waals surface area (Å²) in [5, 5.41) is 3.24. The Morgan fingerprint density at radius 3 is 2.50 bits per heavy atom. The summed E-state index contributed by atoms with van der Waals surface area (Å²) in [5.74, 6) is 0.226. The summed E-state index contributed by atoms with van der Waals surface area (Å²) in [4.78, 5) is 24.7. The number of nitrogens with zero attached hydrogens (tertiary/aromatic N) is 1. The predicted octanol–water partition coefficient (Wildman–Crippen LogP) is -0.296. The third kappa shape index (κ3) is 1.46. The molecule has 2 unspecified atom stereocenters. The molecule has 0 radical (unpaired) electrons. The van der Waals surface area contributed by atoms with E-state index in [4.69, 9.17) is 0 Å². The summed E-state index contributed by atoms with van der Waals surface area (Å²) < 4.78 is 0. The number of piperidine rings is 1. The molecule has 0 aromatic carbocycles. The monoisotopic (exact) mass is 194 g/mol. The van der Waals surface area contributed by atoms with Crippen LogP contribution in [0.4, 0.5) is 0 Å². The van der Waals surface area contributed by atoms with Crippen LogP contribution in [0.2, 0.25) is 0 Å². The van der Waals surface area contributed by atoms with E-state index in [9.17, 15) is 9.59 Å². The number of rotatable bonds is 1. The molecule has 2 fully saturated rings. The Labute approximate surface area is 83.0 Å². The summed E-state index contributed by atoms with van der Waals surface area (Å²) in [7, 11) is 0. The Hall–Kier alpha value is -1.16. The molecule has 2 atom stereocenters. The van der Waals surface area contributed by atoms with Gasteiger partial charge in [0, 0.05) is 25.9 Å². The second-order valence-corrected chi connectivity index (χ2v) is 3.86. The molecule has 2 rings (SSSR count). The number of piperazine rings is 1. The molecule has 2 heterocycles. The van der Waals surface area contributed by atoms with Gasteiger partial charge in [-0.15, -0.1) is 0 Å². The molecule has 0 aromatic heterocycles. The van der Waals surface area contributed by atoms with Crippen molar-refractivity contribution < 1.29 is 9.59 Å². The van der Waals surface area contributed by atoms with Crippen LogP contribution in [0.5, 0.6) is 0 Å². The fourth-order valence-electron chi connectivity index (χ4n) is 2.33. The molecule has 2 saturated heterocycles. The maximum absolute atomic E-state index is 11.6. The number of Topliss-reactive ketones (excluding diaryl/α,β-unsaturated/α-hetero) is 1. The summed E-state index contributed by atoms with van der Waals surface area (Å²) in [6.07, 6.45) is 2.31. The number of carbonyl (C=O) groups is 2. The number of ketones is 1. The zero-order chi connectivity index (χ0) is 10.1. The standard InChI is InChI=1S/C10H14N2O2/c1-2-10(14)12-7-3-9(13)4-8(12)6-11-5-7/h2,7-8,11H,1,3-6H2. The summed E-state index contributed by atoms with van der Waals surface area (Å²) in [5.41, 5.74) is 0. The van der Waals surface area contributed by atoms with E-state index in [2.05, 4.69) is 11.9 Å². The van der Waals surface area contributed by atoms with E-state index in [0.717, 1.165) is 13.1 Å². The van der Waals surface area contributed by atoms with Gasteiger partial charge in [-0.25, -0.2) is 0 Å². The number of hydrogen-bond acceptors (Lipinski definition) is 3. The van der Waals surface area contributed by atoms with Crippen molar-refractivity contribution in [1.82, 2.24) is 10.2 Å². The molecule has 1 N–H and O–H groups in total. The lowest BCUT2D eigenvalue weighted by Crippen LogP contribution is -2.62. The number of carbonyl (C=O) groups excluding carboxylic acids is 2. The highest BCUT2D eigenvalue weighted by molar-refractivity contribution is 5.90. The van der Waals surface area contributed by atoms with Gasteiger partial charge < -0.3 is 10.2 Å². The van der Waals surface area contributed by atoms with Gasteiger partial charge in [0.2, 0.25) is 5.91 Å². The second-order valence-electron chi connectivity index (χ2n) is 3.86. The summed E-state index contributed by atoms with van der Waals surface area (Å²) in [6.45, 7) is 4.93. The first kappa shape index (κ1) is 9.40. The molecule has 1 amide bonds. The van der Waals surface area contributed by atoms with Crippen LogP contribution >= 0.6 is 0 Å². The van der Waals surface area contributed by atoms with E-state index in [-0.39, 0.29) is 23.8 Å². The van der Waals surface area contributed by atoms with Crippen LogP contribution < -0.4 is 5.32 Å². The van der Waals surface area contributed by atoms with Crippen molar-refractivity contribution >= 4 is 11.7 Å². The quantitative estimate of drug-likeness (QED) is 0.583. The van der Waals surface area contributed by atoms with Gasteiger partial charge in [-0.3, -0.25) is 9.59 Å². The van der Waals surface area contributed by atoms with Crippen molar-refractivity contribution in [2.75, 3.05) is 13.1 Å². The molecule has 2 aliphatic rings. The molecule has 2 aliphatic heterocycles. The van der Waals surface area contributed by atoms with Crippen molar-refractivity contribution in [3.63, 3.8) is 0 Å². The van der Waals surface area contributed by atoms with Gasteiger partial charge in [-0.2, -0.15) is 0 Å². The molecular formula is C10H14N2O2. The molecular weight excluding hydrogens is 180 g/mol. The van der Waals surface area contributed by atoms with Crippen LogP contribution in [0.15, 0.2) is 12.7 Å². The minimum absolute atomic E-state index is 0.0421. The largest absolute Gasteiger partial charge is 0.330 e. The molecule has 76 valence electrons. The fourth-order valence-corrected chi connectivity index (χ4v) is 2.33. The maximum atomic E-state index is 11.6. The van der Waals surface area contributed by atoms with E-state index in [1.165, 1.54) is 6.08 Å². The Bertz CT molecular complexity index is 272. The lowest BCUT2D eigenvalue weighted by molar-refractivity contribution is -0.139. The first-order chi connectivity index (χ1) is 6.72. The van der Waals surface area contributed by atoms with Gasteiger partial charge in [0.15, 0.2) is 0 Å². The fraction of sp³-hybridized carbons (Fsp3) is 0.600. The van der Waals surface area contributed by atoms with Crippen LogP contribution in [0, 0.1) is 0 Å². The van der Waals surface area contributed by atoms with E-state index in [1.54, 1.807) is 0 Å². The maximum Gasteiger partial charge on any atom is 0.246 e. The number of amides is 1. The normalized spacial score (nSPS) is 31.4. The summed E-state index contributed by atoms with van der Waals surface area (Å²) in [6, 6.07) is 0.0843. The Balaban J connectivity index is 2.20. The first-order valence-corrected chi connectivity index (χ1v) is 4.89. The molecule has 4 heteroatoms. The van der Waals surface area contributed by atoms with Crippen LogP contribution in [-0.2, 0) is 9.59 Å². The molecule has 2 bridgehead atoms. The van der Waals surface area contributed by atoms with Crippen molar-refractivity contribution in [2.24, 2.45) is 0 Å². The minimum Gasteiger partial charge on any atom is -0.330 e. The van der Waals surface area contributed by atoms with Gasteiger partial charge in [-0.05, 0) is 6.08 Å². The van der Waals surface area contributed by atoms with Crippen LogP contribution in [0.25, 0.3) is 0 Å². The molecule has 0 saturated carbocycles. The average Bonchev–Trinajstić information content (AvgIpc) is 2.15. The Morgan fingerprint density at radius 1 is 1.43 bits per heavy atom. The van der Waals surface area contributed by atoms with Gasteiger partial charge >= 0.3 is 0 Å². The highest BCUT2D eigenvalue weighted by atomic mass is 16.2. The average molecular weight is 194 g/mol. The molecule has 0 spiro atoms. The Kier molecular flexibility index (Phi) is 2.37. The highest BCUT2D eigenvalue weighted by Crippen LogP contribution is 2.23. The van der Waals surface area contributed by atoms with Crippen molar-refractivity contribution in [1.29, 1.82) is 0 Å². The minimum atomic E-state index is -0.0472. The third-order valence-corrected chi connectivity index (χ3v) is 2.90. The molecule has 0 aromatic rings. The number of hydrogen-bond donors (Lipinski definition) is 1. The van der Waals surface area contributed by atoms with Gasteiger partial charge in [0.1, 0.15) is 5.78 Å². The number of fused-ring (bicyclic) bond motifs is 2. The van der Waals surface area contributed by atoms with E-state index in [1.807, 2.05) is 4.90 Å². The highest BCUT2D eigenvalue weighted by Gasteiger charge is 2.39. The van der Waals surface area contributed by atoms with Crippen LogP contribution in [-0.4, -0.2) is 41.8 Å². The number of nitrogens with one attached hydrogen (secondary N) is 1. The van der Waals surface area contributed by atoms with Gasteiger partial charge in [-0.1, -0.05) is 6.58 Å². The van der Waals surface area contributed by atoms with Gasteiger partial charge in [0.05, 0.1) is 12.1 Å². The molecule has 4 nitrogen and oxygen atoms in total. The summed E-state index contributed by atoms with van der Waals surface area (Å²) >= 11 is 0. The van der Waals surface area contributed by atoms with Crippen molar-refractivity contribution in [3.05, 3.63) is 12.7 Å². The predicted molar refractivity (Wildman–Crippen MR) is 51.7 cm³/mol. The van der Waals surface area contributed by atoms with Crippen LogP contribution in [0.3, 0.4) is 0 Å². The van der Waals surface area contributed by atoms with E-state index < -0.39 is 0 Å². The smallest absolute Gasteiger partial charge is 0.246 e.